The Bertz CT molecular complexity index is 873. The molecule has 0 radical (unpaired) electrons. The molecule has 0 saturated heterocycles. The molecule has 0 spiro atoms. The monoisotopic (exact) mass is 414 g/mol. The van der Waals surface area contributed by atoms with Gasteiger partial charge in [-0.25, -0.2) is 8.78 Å². The summed E-state index contributed by atoms with van der Waals surface area (Å²) < 4.78 is 30.0. The molecule has 4 rings (SSSR count). The van der Waals surface area contributed by atoms with Gasteiger partial charge in [0.2, 0.25) is 0 Å². The summed E-state index contributed by atoms with van der Waals surface area (Å²) in [5.41, 5.74) is 2.72. The summed E-state index contributed by atoms with van der Waals surface area (Å²) in [4.78, 5) is 13.1. The number of amides is 1. The van der Waals surface area contributed by atoms with Gasteiger partial charge in [-0.2, -0.15) is 0 Å². The number of nitrogens with one attached hydrogen (secondary N) is 1. The lowest BCUT2D eigenvalue weighted by Crippen LogP contribution is -2.36. The summed E-state index contributed by atoms with van der Waals surface area (Å²) in [7, 11) is 0. The minimum atomic E-state index is -0.596. The maximum atomic E-state index is 14.0. The van der Waals surface area contributed by atoms with E-state index in [4.69, 9.17) is 0 Å². The van der Waals surface area contributed by atoms with E-state index >= 15 is 0 Å². The number of carbonyl (C=O) groups excluding carboxylic acids is 1. The average Bonchev–Trinajstić information content (AvgIpc) is 3.05. The van der Waals surface area contributed by atoms with Crippen molar-refractivity contribution >= 4 is 5.91 Å². The van der Waals surface area contributed by atoms with Crippen molar-refractivity contribution in [1.82, 2.24) is 9.88 Å². The second-order valence-corrected chi connectivity index (χ2v) is 9.11. The van der Waals surface area contributed by atoms with Gasteiger partial charge in [-0.05, 0) is 56.7 Å². The van der Waals surface area contributed by atoms with Gasteiger partial charge in [-0.1, -0.05) is 38.5 Å². The Morgan fingerprint density at radius 3 is 2.17 bits per heavy atom. The van der Waals surface area contributed by atoms with Gasteiger partial charge >= 0.3 is 0 Å². The number of halogens is 2. The molecule has 0 unspecified atom stereocenters. The zero-order valence-corrected chi connectivity index (χ0v) is 17.9. The predicted octanol–water partition coefficient (Wildman–Crippen LogP) is 6.38. The molecule has 1 amide bonds. The molecule has 1 N–H and O–H groups in total. The van der Waals surface area contributed by atoms with Gasteiger partial charge in [0.05, 0.1) is 5.56 Å². The average molecular weight is 415 g/mol. The summed E-state index contributed by atoms with van der Waals surface area (Å²) in [5, 5.41) is 3.19. The topological polar surface area (TPSA) is 34.0 Å². The highest BCUT2D eigenvalue weighted by Gasteiger charge is 2.24. The van der Waals surface area contributed by atoms with Crippen LogP contribution in [0.3, 0.4) is 0 Å². The van der Waals surface area contributed by atoms with Crippen LogP contribution in [-0.4, -0.2) is 16.5 Å². The van der Waals surface area contributed by atoms with Crippen molar-refractivity contribution in [3.63, 3.8) is 0 Å². The van der Waals surface area contributed by atoms with Crippen LogP contribution in [0.15, 0.2) is 24.3 Å². The standard InChI is InChI=1S/C25H32F2N2O/c1-17-23(25(30)28-22-10-6-3-7-11-22)15-24(19-12-20(26)14-21(27)13-19)29(17)16-18-8-4-2-5-9-18/h12-15,18,22H,2-11,16H2,1H3,(H,28,30). The first kappa shape index (κ1) is 21.1. The van der Waals surface area contributed by atoms with Gasteiger partial charge in [-0.15, -0.1) is 0 Å². The highest BCUT2D eigenvalue weighted by Crippen LogP contribution is 2.32. The Morgan fingerprint density at radius 1 is 0.933 bits per heavy atom. The fraction of sp³-hybridized carbons (Fsp3) is 0.560. The Labute approximate surface area is 177 Å². The minimum absolute atomic E-state index is 0.0695. The Balaban J connectivity index is 1.67. The minimum Gasteiger partial charge on any atom is -0.349 e. The summed E-state index contributed by atoms with van der Waals surface area (Å²) in [6, 6.07) is 5.66. The summed E-state index contributed by atoms with van der Waals surface area (Å²) in [5.74, 6) is -0.723. The van der Waals surface area contributed by atoms with Gasteiger partial charge in [0.1, 0.15) is 11.6 Å². The van der Waals surface area contributed by atoms with Crippen LogP contribution in [0.2, 0.25) is 0 Å². The largest absolute Gasteiger partial charge is 0.349 e. The quantitative estimate of drug-likeness (QED) is 0.605. The molecule has 1 aromatic carbocycles. The molecule has 3 nitrogen and oxygen atoms in total. The molecular weight excluding hydrogens is 382 g/mol. The number of benzene rings is 1. The normalized spacial score (nSPS) is 18.5. The van der Waals surface area contributed by atoms with Crippen molar-refractivity contribution in [2.75, 3.05) is 0 Å². The van der Waals surface area contributed by atoms with E-state index in [0.29, 0.717) is 17.0 Å². The van der Waals surface area contributed by atoms with Crippen LogP contribution in [0.4, 0.5) is 8.78 Å². The van der Waals surface area contributed by atoms with Gasteiger partial charge < -0.3 is 9.88 Å². The first-order valence-corrected chi connectivity index (χ1v) is 11.5. The number of nitrogens with zero attached hydrogens (tertiary/aromatic N) is 1. The second-order valence-electron chi connectivity index (χ2n) is 9.11. The molecule has 0 aliphatic heterocycles. The van der Waals surface area contributed by atoms with Crippen molar-refractivity contribution in [1.29, 1.82) is 0 Å². The van der Waals surface area contributed by atoms with Crippen LogP contribution in [0.5, 0.6) is 0 Å². The molecule has 2 saturated carbocycles. The molecule has 1 aromatic heterocycles. The van der Waals surface area contributed by atoms with Crippen molar-refractivity contribution in [3.05, 3.63) is 47.2 Å². The third-order valence-electron chi connectivity index (χ3n) is 6.88. The number of hydrogen-bond acceptors (Lipinski definition) is 1. The molecule has 2 aliphatic rings. The fourth-order valence-electron chi connectivity index (χ4n) is 5.19. The molecule has 2 aromatic rings. The van der Waals surface area contributed by atoms with Crippen molar-refractivity contribution < 1.29 is 13.6 Å². The summed E-state index contributed by atoms with van der Waals surface area (Å²) in [6.45, 7) is 2.74. The third-order valence-corrected chi connectivity index (χ3v) is 6.88. The van der Waals surface area contributed by atoms with Crippen molar-refractivity contribution in [2.24, 2.45) is 5.92 Å². The molecule has 1 heterocycles. The fourth-order valence-corrected chi connectivity index (χ4v) is 5.19. The van der Waals surface area contributed by atoms with Crippen molar-refractivity contribution in [3.8, 4) is 11.3 Å². The van der Waals surface area contributed by atoms with Gasteiger partial charge in [0.25, 0.3) is 5.91 Å². The molecule has 2 fully saturated rings. The number of hydrogen-bond donors (Lipinski definition) is 1. The third kappa shape index (κ3) is 4.76. The van der Waals surface area contributed by atoms with E-state index in [1.54, 1.807) is 0 Å². The number of aromatic nitrogens is 1. The van der Waals surface area contributed by atoms with Gasteiger partial charge in [0, 0.05) is 35.6 Å². The van der Waals surface area contributed by atoms with Crippen LogP contribution in [0.25, 0.3) is 11.3 Å². The molecule has 0 atom stereocenters. The predicted molar refractivity (Wildman–Crippen MR) is 115 cm³/mol. The van der Waals surface area contributed by atoms with E-state index in [2.05, 4.69) is 9.88 Å². The highest BCUT2D eigenvalue weighted by molar-refractivity contribution is 5.97. The second kappa shape index (κ2) is 9.32. The smallest absolute Gasteiger partial charge is 0.253 e. The van der Waals surface area contributed by atoms with E-state index < -0.39 is 11.6 Å². The Kier molecular flexibility index (Phi) is 6.55. The first-order chi connectivity index (χ1) is 14.5. The number of carbonyl (C=O) groups is 1. The molecule has 162 valence electrons. The van der Waals surface area contributed by atoms with Crippen molar-refractivity contribution in [2.45, 2.75) is 83.7 Å². The van der Waals surface area contributed by atoms with Gasteiger partial charge in [0.15, 0.2) is 0 Å². The molecular formula is C25H32F2N2O. The maximum absolute atomic E-state index is 14.0. The van der Waals surface area contributed by atoms with E-state index in [-0.39, 0.29) is 11.9 Å². The summed E-state index contributed by atoms with van der Waals surface area (Å²) >= 11 is 0. The van der Waals surface area contributed by atoms with E-state index in [1.165, 1.54) is 37.8 Å². The van der Waals surface area contributed by atoms with E-state index in [9.17, 15) is 13.6 Å². The van der Waals surface area contributed by atoms with Gasteiger partial charge in [-0.3, -0.25) is 4.79 Å². The van der Waals surface area contributed by atoms with E-state index in [1.807, 2.05) is 13.0 Å². The SMILES string of the molecule is Cc1c(C(=O)NC2CCCCC2)cc(-c2cc(F)cc(F)c2)n1CC1CCCCC1. The lowest BCUT2D eigenvalue weighted by Gasteiger charge is -2.24. The van der Waals surface area contributed by atoms with Crippen LogP contribution in [0, 0.1) is 24.5 Å². The van der Waals surface area contributed by atoms with Crippen LogP contribution >= 0.6 is 0 Å². The molecule has 30 heavy (non-hydrogen) atoms. The Hall–Kier alpha value is -2.17. The Morgan fingerprint density at radius 2 is 1.53 bits per heavy atom. The van der Waals surface area contributed by atoms with Crippen LogP contribution in [0.1, 0.15) is 80.3 Å². The lowest BCUT2D eigenvalue weighted by atomic mass is 9.89. The highest BCUT2D eigenvalue weighted by atomic mass is 19.1. The zero-order chi connectivity index (χ0) is 21.1. The van der Waals surface area contributed by atoms with Crippen LogP contribution < -0.4 is 5.32 Å². The lowest BCUT2D eigenvalue weighted by molar-refractivity contribution is 0.0927. The maximum Gasteiger partial charge on any atom is 0.253 e. The zero-order valence-electron chi connectivity index (χ0n) is 17.9. The first-order valence-electron chi connectivity index (χ1n) is 11.5. The molecule has 2 aliphatic carbocycles. The number of rotatable bonds is 5. The molecule has 0 bridgehead atoms. The van der Waals surface area contributed by atoms with Crippen LogP contribution in [-0.2, 0) is 6.54 Å². The summed E-state index contributed by atoms with van der Waals surface area (Å²) in [6.07, 6.45) is 11.6. The molecule has 5 heteroatoms. The van der Waals surface area contributed by atoms with E-state index in [0.717, 1.165) is 62.5 Å².